The third kappa shape index (κ3) is 15.7. The summed E-state index contributed by atoms with van der Waals surface area (Å²) in [7, 11) is 0.812. The highest BCUT2D eigenvalue weighted by atomic mass is 32.2. The standard InChI is InChI=1S/C54H88N2O13S/c1-12-28-70(64,65)55(9)44-33-42-24-22-40(8)54(63,69-42)51(60)52(61)56-27-17-16-20-43(56)53(62)68-46(37(5)31-41-23-25-45(57)47(32-41)66-10)26-21-35(3)30-39(7)49(59)50(67-11)48(58)38(6)29-34(2)18-14-13-15-19-36(44)4/h13-15,18-19,30,34-35,37-38,40-47,49-50,57,59,63H,12,16-17,20-29,31-33H2,1-11H3/b15-13+,18-14+,36-19+,39-30+/t34-,35+,37-,38-,40-,41+,42+,43+,44?,45-,46+,47-,49-,50+,54-/m1/s1. The first-order valence-corrected chi connectivity index (χ1v) is 27.7. The fourth-order valence-corrected chi connectivity index (χ4v) is 12.5. The van der Waals surface area contributed by atoms with Gasteiger partial charge in [0.05, 0.1) is 24.1 Å². The van der Waals surface area contributed by atoms with E-state index in [9.17, 15) is 42.9 Å². The lowest BCUT2D eigenvalue weighted by Crippen LogP contribution is -2.61. The van der Waals surface area contributed by atoms with Crippen LogP contribution in [0.4, 0.5) is 0 Å². The molecule has 1 amide bonds. The van der Waals surface area contributed by atoms with Gasteiger partial charge in [-0.15, -0.1) is 0 Å². The summed E-state index contributed by atoms with van der Waals surface area (Å²) in [4.78, 5) is 58.4. The largest absolute Gasteiger partial charge is 0.461 e. The molecule has 16 heteroatoms. The van der Waals surface area contributed by atoms with Crippen LogP contribution in [0.1, 0.15) is 145 Å². The number of Topliss-reactive ketones (excluding diaryl/α,β-unsaturated/α-hetero) is 2. The number of likely N-dealkylation sites (N-methyl/N-ethyl adjacent to an activating group) is 1. The van der Waals surface area contributed by atoms with Gasteiger partial charge in [0.1, 0.15) is 24.4 Å². The predicted octanol–water partition coefficient (Wildman–Crippen LogP) is 7.03. The number of esters is 1. The summed E-state index contributed by atoms with van der Waals surface area (Å²) >= 11 is 0. The normalized spacial score (nSPS) is 38.7. The van der Waals surface area contributed by atoms with Gasteiger partial charge in [-0.05, 0) is 133 Å². The molecule has 3 N–H and O–H groups in total. The monoisotopic (exact) mass is 1000 g/mol. The minimum absolute atomic E-state index is 0.00965. The zero-order chi connectivity index (χ0) is 52.1. The molecule has 4 rings (SSSR count). The summed E-state index contributed by atoms with van der Waals surface area (Å²) in [6.07, 6.45) is 13.6. The van der Waals surface area contributed by atoms with Crippen LogP contribution in [0.5, 0.6) is 0 Å². The zero-order valence-electron chi connectivity index (χ0n) is 44.1. The molecule has 3 aliphatic heterocycles. The summed E-state index contributed by atoms with van der Waals surface area (Å²) in [6.45, 7) is 15.0. The van der Waals surface area contributed by atoms with Gasteiger partial charge in [-0.1, -0.05) is 83.6 Å². The van der Waals surface area contributed by atoms with Gasteiger partial charge >= 0.3 is 5.97 Å². The van der Waals surface area contributed by atoms with Crippen LogP contribution in [0.2, 0.25) is 0 Å². The maximum Gasteiger partial charge on any atom is 0.329 e. The number of methoxy groups -OCH3 is 2. The number of carbonyl (C=O) groups is 4. The Morgan fingerprint density at radius 1 is 0.871 bits per heavy atom. The van der Waals surface area contributed by atoms with E-state index in [4.69, 9.17) is 18.9 Å². The number of aliphatic hydroxyl groups excluding tert-OH is 2. The van der Waals surface area contributed by atoms with Gasteiger partial charge in [-0.25, -0.2) is 13.2 Å². The number of allylic oxidation sites excluding steroid dienone is 6. The lowest BCUT2D eigenvalue weighted by molar-refractivity contribution is -0.264. The number of carbonyl (C=O) groups excluding carboxylic acids is 4. The SMILES string of the molecule is CCCS(=O)(=O)N(C)C1C[C@@H]2CC[C@@H](C)[C@@](O)(O2)C(=O)C(=O)N2CCCC[C@H]2C(=O)O[C@H]([C@H](C)C[C@@H]2CC[C@@H](O)[C@H](OC)C2)CC[C@H](C)/C=C(\C)[C@@H](O)[C@@H](OC)C(=O)[C@H](C)C[C@H](C)/C=C/C=C/C=C/1C. The summed E-state index contributed by atoms with van der Waals surface area (Å²) < 4.78 is 52.3. The van der Waals surface area contributed by atoms with Gasteiger partial charge in [0.15, 0.2) is 5.78 Å². The molecule has 0 radical (unpaired) electrons. The Morgan fingerprint density at radius 3 is 2.26 bits per heavy atom. The van der Waals surface area contributed by atoms with E-state index < -0.39 is 87.9 Å². The number of cyclic esters (lactones) is 1. The first-order valence-electron chi connectivity index (χ1n) is 26.1. The second-order valence-electron chi connectivity index (χ2n) is 21.3. The van der Waals surface area contributed by atoms with Gasteiger partial charge in [0, 0.05) is 45.7 Å². The molecule has 0 spiro atoms. The Hall–Kier alpha value is -3.09. The molecule has 2 bridgehead atoms. The van der Waals surface area contributed by atoms with Crippen molar-refractivity contribution in [3.8, 4) is 0 Å². The van der Waals surface area contributed by atoms with Crippen molar-refractivity contribution in [1.29, 1.82) is 0 Å². The number of fused-ring (bicyclic) bond motifs is 3. The molecule has 1 unspecified atom stereocenters. The molecule has 3 heterocycles. The van der Waals surface area contributed by atoms with Gasteiger partial charge in [-0.2, -0.15) is 4.31 Å². The number of hydrogen-bond donors (Lipinski definition) is 3. The summed E-state index contributed by atoms with van der Waals surface area (Å²) in [5, 5.41) is 34.2. The molecule has 70 heavy (non-hydrogen) atoms. The first kappa shape index (κ1) is 59.5. The Balaban J connectivity index is 1.74. The Morgan fingerprint density at radius 2 is 1.59 bits per heavy atom. The number of sulfonamides is 1. The van der Waals surface area contributed by atoms with E-state index in [-0.39, 0.29) is 60.7 Å². The molecular weight excluding hydrogens is 917 g/mol. The molecule has 398 valence electrons. The van der Waals surface area contributed by atoms with Crippen molar-refractivity contribution in [2.24, 2.45) is 35.5 Å². The quantitative estimate of drug-likeness (QED) is 0.121. The number of nitrogens with zero attached hydrogens (tertiary/aromatic N) is 2. The molecule has 0 aromatic rings. The van der Waals surface area contributed by atoms with E-state index in [1.165, 1.54) is 23.4 Å². The molecule has 2 saturated heterocycles. The molecule has 15 atom stereocenters. The number of rotatable bonds is 9. The van der Waals surface area contributed by atoms with Crippen molar-refractivity contribution < 1.29 is 61.9 Å². The third-order valence-corrected chi connectivity index (χ3v) is 17.6. The second-order valence-corrected chi connectivity index (χ2v) is 23.5. The van der Waals surface area contributed by atoms with E-state index >= 15 is 0 Å². The van der Waals surface area contributed by atoms with Crippen LogP contribution in [-0.2, 0) is 48.1 Å². The smallest absolute Gasteiger partial charge is 0.329 e. The van der Waals surface area contributed by atoms with Crippen molar-refractivity contribution in [1.82, 2.24) is 9.21 Å². The molecule has 0 aromatic carbocycles. The lowest BCUT2D eigenvalue weighted by Gasteiger charge is -2.43. The Labute approximate surface area is 419 Å². The summed E-state index contributed by atoms with van der Waals surface area (Å²) in [5.41, 5.74) is 1.28. The minimum Gasteiger partial charge on any atom is -0.461 e. The maximum absolute atomic E-state index is 14.5. The van der Waals surface area contributed by atoms with Crippen molar-refractivity contribution >= 4 is 33.5 Å². The van der Waals surface area contributed by atoms with Crippen LogP contribution in [-0.4, -0.2) is 144 Å². The van der Waals surface area contributed by atoms with Crippen LogP contribution in [0.3, 0.4) is 0 Å². The zero-order valence-corrected chi connectivity index (χ0v) is 44.9. The average Bonchev–Trinajstić information content (AvgIpc) is 3.32. The Kier molecular flexibility index (Phi) is 23.2. The van der Waals surface area contributed by atoms with E-state index in [1.807, 2.05) is 65.0 Å². The van der Waals surface area contributed by atoms with E-state index in [0.29, 0.717) is 81.8 Å². The minimum atomic E-state index is -3.72. The molecule has 15 nitrogen and oxygen atoms in total. The fourth-order valence-electron chi connectivity index (χ4n) is 11.1. The van der Waals surface area contributed by atoms with Crippen LogP contribution < -0.4 is 0 Å². The maximum atomic E-state index is 14.5. The highest BCUT2D eigenvalue weighted by Gasteiger charge is 2.53. The van der Waals surface area contributed by atoms with Gasteiger partial charge in [0.2, 0.25) is 15.8 Å². The number of hydrogen-bond acceptors (Lipinski definition) is 13. The molecule has 1 saturated carbocycles. The highest BCUT2D eigenvalue weighted by molar-refractivity contribution is 7.89. The van der Waals surface area contributed by atoms with Crippen molar-refractivity contribution in [2.45, 2.75) is 200 Å². The van der Waals surface area contributed by atoms with Crippen molar-refractivity contribution in [3.63, 3.8) is 0 Å². The fraction of sp³-hybridized carbons (Fsp3) is 0.778. The second kappa shape index (κ2) is 27.3. The number of amides is 1. The van der Waals surface area contributed by atoms with Gasteiger partial charge in [-0.3, -0.25) is 14.4 Å². The van der Waals surface area contributed by atoms with Crippen LogP contribution in [0, 0.1) is 35.5 Å². The lowest BCUT2D eigenvalue weighted by atomic mass is 9.78. The molecule has 4 aliphatic rings. The Bertz CT molecular complexity index is 1990. The van der Waals surface area contributed by atoms with Crippen molar-refractivity contribution in [3.05, 3.63) is 47.6 Å². The third-order valence-electron chi connectivity index (χ3n) is 15.6. The molecule has 3 fully saturated rings. The van der Waals surface area contributed by atoms with E-state index in [0.717, 1.165) is 6.42 Å². The van der Waals surface area contributed by atoms with E-state index in [2.05, 4.69) is 0 Å². The predicted molar refractivity (Wildman–Crippen MR) is 270 cm³/mol. The summed E-state index contributed by atoms with van der Waals surface area (Å²) in [6, 6.07) is -1.80. The first-order chi connectivity index (χ1) is 33.0. The van der Waals surface area contributed by atoms with Gasteiger partial charge in [0.25, 0.3) is 11.7 Å². The number of aliphatic hydroxyl groups is 3. The highest BCUT2D eigenvalue weighted by Crippen LogP contribution is 2.38. The van der Waals surface area contributed by atoms with E-state index in [1.54, 1.807) is 34.0 Å². The number of ketones is 2. The van der Waals surface area contributed by atoms with Crippen molar-refractivity contribution in [2.75, 3.05) is 33.6 Å². The number of ether oxygens (including phenoxy) is 4. The van der Waals surface area contributed by atoms with Gasteiger partial charge < -0.3 is 39.2 Å². The topological polar surface area (TPSA) is 207 Å². The molecular formula is C54H88N2O13S. The van der Waals surface area contributed by atoms with Crippen LogP contribution in [0.25, 0.3) is 0 Å². The van der Waals surface area contributed by atoms with Crippen LogP contribution >= 0.6 is 0 Å². The average molecular weight is 1010 g/mol. The molecule has 0 aromatic heterocycles. The number of piperidine rings is 1. The molecule has 1 aliphatic carbocycles. The summed E-state index contributed by atoms with van der Waals surface area (Å²) in [5.74, 6) is -6.90. The van der Waals surface area contributed by atoms with Crippen LogP contribution in [0.15, 0.2) is 47.6 Å².